The molecule has 1 atom stereocenters. The van der Waals surface area contributed by atoms with Crippen molar-refractivity contribution in [2.45, 2.75) is 26.1 Å². The first-order valence-electron chi connectivity index (χ1n) is 8.56. The average Bonchev–Trinajstić information content (AvgIpc) is 2.87. The van der Waals surface area contributed by atoms with Gasteiger partial charge in [0.15, 0.2) is 0 Å². The number of hydrogen-bond donors (Lipinski definition) is 1. The molecule has 28 heavy (non-hydrogen) atoms. The predicted octanol–water partition coefficient (Wildman–Crippen LogP) is 3.96. The Morgan fingerprint density at radius 3 is 2.04 bits per heavy atom. The number of halogens is 3. The van der Waals surface area contributed by atoms with Crippen molar-refractivity contribution in [2.75, 3.05) is 5.32 Å². The fourth-order valence-electron chi connectivity index (χ4n) is 3.17. The van der Waals surface area contributed by atoms with Crippen LogP contribution in [0, 0.1) is 5.92 Å². The Bertz CT molecular complexity index is 919. The monoisotopic (exact) mass is 390 g/mol. The van der Waals surface area contributed by atoms with Gasteiger partial charge in [-0.05, 0) is 36.2 Å². The zero-order valence-corrected chi connectivity index (χ0v) is 15.1. The number of nitrogens with zero attached hydrogens (tertiary/aromatic N) is 1. The first-order valence-corrected chi connectivity index (χ1v) is 8.56. The Balaban J connectivity index is 1.89. The molecule has 1 aliphatic rings. The fraction of sp³-hybridized carbons (Fsp3) is 0.250. The van der Waals surface area contributed by atoms with Crippen LogP contribution in [0.2, 0.25) is 0 Å². The number of hydrogen-bond acceptors (Lipinski definition) is 3. The standard InChI is InChI=1S/C20H17F3N2O3/c1-11(2)16(25-18(27)14-8-3-4-9-15(14)19(25)28)17(26)24-13-7-5-6-12(10-13)20(21,22)23/h3-11,16H,1-2H3,(H,24,26)/t16-/m0/s1. The maximum absolute atomic E-state index is 12.9. The van der Waals surface area contributed by atoms with Gasteiger partial charge in [0.05, 0.1) is 16.7 Å². The van der Waals surface area contributed by atoms with Crippen LogP contribution >= 0.6 is 0 Å². The number of anilines is 1. The summed E-state index contributed by atoms with van der Waals surface area (Å²) in [5.74, 6) is -2.38. The molecule has 0 aliphatic carbocycles. The van der Waals surface area contributed by atoms with Crippen molar-refractivity contribution in [3.8, 4) is 0 Å². The number of nitrogens with one attached hydrogen (secondary N) is 1. The quantitative estimate of drug-likeness (QED) is 0.804. The molecule has 3 rings (SSSR count). The maximum Gasteiger partial charge on any atom is 0.416 e. The summed E-state index contributed by atoms with van der Waals surface area (Å²) in [7, 11) is 0. The molecule has 1 aliphatic heterocycles. The fourth-order valence-corrected chi connectivity index (χ4v) is 3.17. The van der Waals surface area contributed by atoms with E-state index in [-0.39, 0.29) is 16.8 Å². The summed E-state index contributed by atoms with van der Waals surface area (Å²) in [4.78, 5) is 39.0. The Morgan fingerprint density at radius 2 is 1.54 bits per heavy atom. The Kier molecular flexibility index (Phi) is 4.97. The molecule has 0 saturated heterocycles. The minimum absolute atomic E-state index is 0.0675. The molecular formula is C20H17F3N2O3. The van der Waals surface area contributed by atoms with Crippen LogP contribution in [0.15, 0.2) is 48.5 Å². The van der Waals surface area contributed by atoms with Crippen LogP contribution in [0.3, 0.4) is 0 Å². The summed E-state index contributed by atoms with van der Waals surface area (Å²) in [5, 5.41) is 2.40. The van der Waals surface area contributed by atoms with Gasteiger partial charge in [-0.2, -0.15) is 13.2 Å². The molecule has 3 amide bonds. The van der Waals surface area contributed by atoms with Crippen molar-refractivity contribution in [3.63, 3.8) is 0 Å². The van der Waals surface area contributed by atoms with Gasteiger partial charge in [0.1, 0.15) is 6.04 Å². The van der Waals surface area contributed by atoms with E-state index in [1.54, 1.807) is 26.0 Å². The molecule has 2 aromatic rings. The van der Waals surface area contributed by atoms with Crippen molar-refractivity contribution in [1.29, 1.82) is 0 Å². The number of benzene rings is 2. The van der Waals surface area contributed by atoms with E-state index in [4.69, 9.17) is 0 Å². The van der Waals surface area contributed by atoms with E-state index in [0.717, 1.165) is 17.0 Å². The van der Waals surface area contributed by atoms with Crippen LogP contribution in [0.25, 0.3) is 0 Å². The minimum atomic E-state index is -4.55. The Morgan fingerprint density at radius 1 is 0.964 bits per heavy atom. The molecule has 2 aromatic carbocycles. The van der Waals surface area contributed by atoms with Gasteiger partial charge in [-0.3, -0.25) is 19.3 Å². The average molecular weight is 390 g/mol. The molecule has 5 nitrogen and oxygen atoms in total. The molecule has 1 heterocycles. The number of rotatable bonds is 4. The van der Waals surface area contributed by atoms with Crippen LogP contribution in [0.5, 0.6) is 0 Å². The molecule has 1 N–H and O–H groups in total. The second-order valence-electron chi connectivity index (χ2n) is 6.78. The summed E-state index contributed by atoms with van der Waals surface area (Å²) >= 11 is 0. The van der Waals surface area contributed by atoms with E-state index in [0.29, 0.717) is 0 Å². The smallest absolute Gasteiger partial charge is 0.324 e. The Labute approximate surface area is 159 Å². The number of amides is 3. The number of carbonyl (C=O) groups excluding carboxylic acids is 3. The molecule has 146 valence electrons. The van der Waals surface area contributed by atoms with E-state index < -0.39 is 41.4 Å². The lowest BCUT2D eigenvalue weighted by atomic mass is 10.0. The van der Waals surface area contributed by atoms with E-state index in [1.165, 1.54) is 24.3 Å². The number of carbonyl (C=O) groups is 3. The van der Waals surface area contributed by atoms with Gasteiger partial charge in [-0.15, -0.1) is 0 Å². The van der Waals surface area contributed by atoms with Crippen molar-refractivity contribution in [2.24, 2.45) is 5.92 Å². The molecule has 8 heteroatoms. The largest absolute Gasteiger partial charge is 0.416 e. The van der Waals surface area contributed by atoms with Gasteiger partial charge < -0.3 is 5.32 Å². The SMILES string of the molecule is CC(C)[C@@H](C(=O)Nc1cccc(C(F)(F)F)c1)N1C(=O)c2ccccc2C1=O. The number of fused-ring (bicyclic) bond motifs is 1. The summed E-state index contributed by atoms with van der Waals surface area (Å²) in [5.41, 5.74) is -0.579. The molecule has 0 spiro atoms. The highest BCUT2D eigenvalue weighted by atomic mass is 19.4. The summed E-state index contributed by atoms with van der Waals surface area (Å²) in [6.07, 6.45) is -4.55. The number of imide groups is 1. The van der Waals surface area contributed by atoms with Gasteiger partial charge >= 0.3 is 6.18 Å². The van der Waals surface area contributed by atoms with Gasteiger partial charge in [0.25, 0.3) is 11.8 Å². The molecule has 0 fully saturated rings. The second-order valence-corrected chi connectivity index (χ2v) is 6.78. The van der Waals surface area contributed by atoms with E-state index >= 15 is 0 Å². The third-order valence-electron chi connectivity index (χ3n) is 4.46. The maximum atomic E-state index is 12.9. The van der Waals surface area contributed by atoms with Crippen LogP contribution in [-0.2, 0) is 11.0 Å². The molecule has 0 aromatic heterocycles. The van der Waals surface area contributed by atoms with Crippen molar-refractivity contribution in [1.82, 2.24) is 4.90 Å². The molecule has 0 saturated carbocycles. The first-order chi connectivity index (χ1) is 13.1. The zero-order valence-electron chi connectivity index (χ0n) is 15.1. The lowest BCUT2D eigenvalue weighted by Crippen LogP contribution is -2.50. The van der Waals surface area contributed by atoms with Crippen LogP contribution in [0.4, 0.5) is 18.9 Å². The third kappa shape index (κ3) is 3.49. The van der Waals surface area contributed by atoms with Crippen molar-refractivity contribution in [3.05, 3.63) is 65.2 Å². The highest BCUT2D eigenvalue weighted by molar-refractivity contribution is 6.23. The molecule has 0 bridgehead atoms. The molecule has 0 unspecified atom stereocenters. The highest BCUT2D eigenvalue weighted by Crippen LogP contribution is 2.31. The lowest BCUT2D eigenvalue weighted by molar-refractivity contribution is -0.137. The predicted molar refractivity (Wildman–Crippen MR) is 95.6 cm³/mol. The molecule has 0 radical (unpaired) electrons. The topological polar surface area (TPSA) is 66.5 Å². The van der Waals surface area contributed by atoms with Crippen LogP contribution in [-0.4, -0.2) is 28.7 Å². The van der Waals surface area contributed by atoms with E-state index in [2.05, 4.69) is 5.32 Å². The van der Waals surface area contributed by atoms with Crippen molar-refractivity contribution < 1.29 is 27.6 Å². The first kappa shape index (κ1) is 19.6. The van der Waals surface area contributed by atoms with Gasteiger partial charge in [-0.25, -0.2) is 0 Å². The van der Waals surface area contributed by atoms with E-state index in [9.17, 15) is 27.6 Å². The van der Waals surface area contributed by atoms with Gasteiger partial charge in [0.2, 0.25) is 5.91 Å². The van der Waals surface area contributed by atoms with E-state index in [1.807, 2.05) is 0 Å². The summed E-state index contributed by atoms with van der Waals surface area (Å²) in [6, 6.07) is 9.23. The minimum Gasteiger partial charge on any atom is -0.324 e. The second kappa shape index (κ2) is 7.10. The normalized spacial score (nSPS) is 15.0. The third-order valence-corrected chi connectivity index (χ3v) is 4.46. The number of alkyl halides is 3. The zero-order chi connectivity index (χ0) is 20.6. The van der Waals surface area contributed by atoms with Crippen molar-refractivity contribution >= 4 is 23.4 Å². The summed E-state index contributed by atoms with van der Waals surface area (Å²) in [6.45, 7) is 3.31. The highest BCUT2D eigenvalue weighted by Gasteiger charge is 2.44. The Hall–Kier alpha value is -3.16. The van der Waals surface area contributed by atoms with Gasteiger partial charge in [0, 0.05) is 5.69 Å². The van der Waals surface area contributed by atoms with Crippen LogP contribution < -0.4 is 5.32 Å². The molecular weight excluding hydrogens is 373 g/mol. The lowest BCUT2D eigenvalue weighted by Gasteiger charge is -2.28. The summed E-state index contributed by atoms with van der Waals surface area (Å²) < 4.78 is 38.6. The van der Waals surface area contributed by atoms with Gasteiger partial charge in [-0.1, -0.05) is 32.0 Å². The van der Waals surface area contributed by atoms with Crippen LogP contribution in [0.1, 0.15) is 40.1 Å².